The van der Waals surface area contributed by atoms with Crippen LogP contribution >= 0.6 is 22.9 Å². The second kappa shape index (κ2) is 9.28. The summed E-state index contributed by atoms with van der Waals surface area (Å²) in [6.07, 6.45) is 2.39. The van der Waals surface area contributed by atoms with Gasteiger partial charge in [0.05, 0.1) is 9.21 Å². The van der Waals surface area contributed by atoms with Crippen LogP contribution in [0.4, 0.5) is 4.79 Å². The first-order chi connectivity index (χ1) is 12.5. The van der Waals surface area contributed by atoms with Crippen LogP contribution in [0.25, 0.3) is 0 Å². The second-order valence-corrected chi connectivity index (χ2v) is 10.3. The molecule has 0 saturated carbocycles. The molecule has 152 valence electrons. The number of carbonyl (C=O) groups excluding carboxylic acids is 2. The Hall–Kier alpha value is -1.27. The third-order valence-corrected chi connectivity index (χ3v) is 5.83. The number of nitrogens with zero attached hydrogens (tertiary/aromatic N) is 1. The highest BCUT2D eigenvalue weighted by molar-refractivity contribution is 7.18. The summed E-state index contributed by atoms with van der Waals surface area (Å²) in [7, 11) is 0. The highest BCUT2D eigenvalue weighted by Crippen LogP contribution is 2.27. The van der Waals surface area contributed by atoms with Crippen LogP contribution in [0, 0.1) is 11.8 Å². The van der Waals surface area contributed by atoms with E-state index >= 15 is 0 Å². The zero-order valence-corrected chi connectivity index (χ0v) is 18.5. The lowest BCUT2D eigenvalue weighted by Gasteiger charge is -2.37. The zero-order chi connectivity index (χ0) is 20.2. The highest BCUT2D eigenvalue weighted by Gasteiger charge is 2.32. The van der Waals surface area contributed by atoms with E-state index in [1.54, 1.807) is 17.0 Å². The van der Waals surface area contributed by atoms with Crippen molar-refractivity contribution < 1.29 is 14.3 Å². The first kappa shape index (κ1) is 22.0. The van der Waals surface area contributed by atoms with Crippen molar-refractivity contribution in [2.24, 2.45) is 11.8 Å². The normalized spacial score (nSPS) is 17.1. The van der Waals surface area contributed by atoms with Gasteiger partial charge in [0, 0.05) is 19.1 Å². The molecule has 0 spiro atoms. The summed E-state index contributed by atoms with van der Waals surface area (Å²) in [4.78, 5) is 27.2. The van der Waals surface area contributed by atoms with Crippen molar-refractivity contribution in [3.8, 4) is 0 Å². The minimum absolute atomic E-state index is 0.0629. The lowest BCUT2D eigenvalue weighted by atomic mass is 9.85. The number of rotatable bonds is 5. The van der Waals surface area contributed by atoms with Gasteiger partial charge in [0.25, 0.3) is 5.91 Å². The molecule has 7 heteroatoms. The molecule has 1 atom stereocenters. The minimum atomic E-state index is -0.482. The molecule has 0 aromatic carbocycles. The summed E-state index contributed by atoms with van der Waals surface area (Å²) in [6, 6.07) is 3.61. The van der Waals surface area contributed by atoms with Crippen molar-refractivity contribution >= 4 is 34.9 Å². The molecular formula is C20H31ClN2O3S. The Bertz CT molecular complexity index is 646. The molecule has 2 amide bonds. The Labute approximate surface area is 171 Å². The van der Waals surface area contributed by atoms with Gasteiger partial charge in [-0.1, -0.05) is 25.4 Å². The Morgan fingerprint density at radius 3 is 2.41 bits per heavy atom. The van der Waals surface area contributed by atoms with Gasteiger partial charge < -0.3 is 15.0 Å². The topological polar surface area (TPSA) is 58.6 Å². The van der Waals surface area contributed by atoms with Gasteiger partial charge in [0.15, 0.2) is 0 Å². The maximum absolute atomic E-state index is 12.6. The molecule has 1 unspecified atom stereocenters. The molecular weight excluding hydrogens is 384 g/mol. The molecule has 0 aliphatic carbocycles. The van der Waals surface area contributed by atoms with Crippen molar-refractivity contribution in [3.05, 3.63) is 21.3 Å². The molecule has 2 heterocycles. The van der Waals surface area contributed by atoms with Gasteiger partial charge in [-0.2, -0.15) is 0 Å². The first-order valence-electron chi connectivity index (χ1n) is 9.59. The van der Waals surface area contributed by atoms with Crippen molar-refractivity contribution in [3.63, 3.8) is 0 Å². The summed E-state index contributed by atoms with van der Waals surface area (Å²) >= 11 is 7.25. The molecule has 1 saturated heterocycles. The van der Waals surface area contributed by atoms with E-state index in [0.717, 1.165) is 19.3 Å². The monoisotopic (exact) mass is 414 g/mol. The number of likely N-dealkylation sites (tertiary alicyclic amines) is 1. The molecule has 0 bridgehead atoms. The van der Waals surface area contributed by atoms with Crippen LogP contribution in [0.1, 0.15) is 63.6 Å². The maximum atomic E-state index is 12.6. The van der Waals surface area contributed by atoms with E-state index in [-0.39, 0.29) is 18.0 Å². The third kappa shape index (κ3) is 7.00. The average Bonchev–Trinajstić information content (AvgIpc) is 2.99. The lowest BCUT2D eigenvalue weighted by molar-refractivity contribution is 0.0164. The molecule has 1 aliphatic rings. The Morgan fingerprint density at radius 1 is 1.30 bits per heavy atom. The van der Waals surface area contributed by atoms with Gasteiger partial charge in [-0.05, 0) is 64.0 Å². The van der Waals surface area contributed by atoms with E-state index in [0.29, 0.717) is 34.1 Å². The van der Waals surface area contributed by atoms with Crippen molar-refractivity contribution in [2.45, 2.75) is 65.5 Å². The van der Waals surface area contributed by atoms with Crippen LogP contribution < -0.4 is 5.32 Å². The number of halogens is 1. The fourth-order valence-corrected chi connectivity index (χ4v) is 4.31. The van der Waals surface area contributed by atoms with Crippen molar-refractivity contribution in [1.82, 2.24) is 10.2 Å². The summed E-state index contributed by atoms with van der Waals surface area (Å²) in [5.74, 6) is 0.767. The van der Waals surface area contributed by atoms with E-state index in [9.17, 15) is 9.59 Å². The standard InChI is InChI=1S/C20H31ClN2O3S/c1-13(2)12-15(22-18(24)16-6-7-17(21)27-16)14-8-10-23(11-9-14)19(25)26-20(3,4)5/h6-7,13-15H,8-12H2,1-5H3,(H,22,24). The van der Waals surface area contributed by atoms with Crippen LogP contribution in [0.15, 0.2) is 12.1 Å². The van der Waals surface area contributed by atoms with E-state index in [1.807, 2.05) is 20.8 Å². The van der Waals surface area contributed by atoms with Crippen molar-refractivity contribution in [1.29, 1.82) is 0 Å². The Morgan fingerprint density at radius 2 is 1.93 bits per heavy atom. The van der Waals surface area contributed by atoms with Crippen LogP contribution in [-0.2, 0) is 4.74 Å². The largest absolute Gasteiger partial charge is 0.444 e. The SMILES string of the molecule is CC(C)CC(NC(=O)c1ccc(Cl)s1)C1CCN(C(=O)OC(C)(C)C)CC1. The minimum Gasteiger partial charge on any atom is -0.444 e. The van der Waals surface area contributed by atoms with E-state index in [2.05, 4.69) is 19.2 Å². The van der Waals surface area contributed by atoms with E-state index in [1.165, 1.54) is 11.3 Å². The van der Waals surface area contributed by atoms with Gasteiger partial charge in [-0.15, -0.1) is 11.3 Å². The number of thiophene rings is 1. The molecule has 1 aromatic rings. The van der Waals surface area contributed by atoms with E-state index < -0.39 is 5.60 Å². The number of carbonyl (C=O) groups is 2. The number of hydrogen-bond donors (Lipinski definition) is 1. The van der Waals surface area contributed by atoms with Gasteiger partial charge in [-0.3, -0.25) is 4.79 Å². The van der Waals surface area contributed by atoms with Crippen LogP contribution in [0.5, 0.6) is 0 Å². The van der Waals surface area contributed by atoms with Gasteiger partial charge >= 0.3 is 6.09 Å². The summed E-state index contributed by atoms with van der Waals surface area (Å²) in [5.41, 5.74) is -0.482. The molecule has 5 nitrogen and oxygen atoms in total. The van der Waals surface area contributed by atoms with Gasteiger partial charge in [-0.25, -0.2) is 4.79 Å². The number of piperidine rings is 1. The maximum Gasteiger partial charge on any atom is 0.410 e. The summed E-state index contributed by atoms with van der Waals surface area (Å²) < 4.78 is 6.09. The summed E-state index contributed by atoms with van der Waals surface area (Å²) in [6.45, 7) is 11.3. The molecule has 1 aromatic heterocycles. The molecule has 27 heavy (non-hydrogen) atoms. The number of hydrogen-bond acceptors (Lipinski definition) is 4. The number of amides is 2. The molecule has 1 N–H and O–H groups in total. The smallest absolute Gasteiger partial charge is 0.410 e. The first-order valence-corrected chi connectivity index (χ1v) is 10.8. The quantitative estimate of drug-likeness (QED) is 0.720. The number of nitrogens with one attached hydrogen (secondary N) is 1. The van der Waals surface area contributed by atoms with Crippen LogP contribution in [0.2, 0.25) is 4.34 Å². The van der Waals surface area contributed by atoms with Crippen LogP contribution in [-0.4, -0.2) is 41.6 Å². The van der Waals surface area contributed by atoms with Gasteiger partial charge in [0.2, 0.25) is 0 Å². The average molecular weight is 415 g/mol. The molecule has 1 fully saturated rings. The molecule has 2 rings (SSSR count). The Balaban J connectivity index is 1.95. The fraction of sp³-hybridized carbons (Fsp3) is 0.700. The predicted octanol–water partition coefficient (Wildman–Crippen LogP) is 5.19. The lowest BCUT2D eigenvalue weighted by Crippen LogP contribution is -2.48. The summed E-state index contributed by atoms with van der Waals surface area (Å²) in [5, 5.41) is 3.21. The Kier molecular flexibility index (Phi) is 7.57. The second-order valence-electron chi connectivity index (χ2n) is 8.62. The molecule has 1 aliphatic heterocycles. The van der Waals surface area contributed by atoms with Crippen LogP contribution in [0.3, 0.4) is 0 Å². The zero-order valence-electron chi connectivity index (χ0n) is 16.9. The predicted molar refractivity (Wildman–Crippen MR) is 111 cm³/mol. The fourth-order valence-electron chi connectivity index (χ4n) is 3.36. The third-order valence-electron chi connectivity index (χ3n) is 4.60. The number of ether oxygens (including phenoxy) is 1. The van der Waals surface area contributed by atoms with Gasteiger partial charge in [0.1, 0.15) is 5.60 Å². The van der Waals surface area contributed by atoms with Crippen molar-refractivity contribution in [2.75, 3.05) is 13.1 Å². The highest BCUT2D eigenvalue weighted by atomic mass is 35.5. The molecule has 0 radical (unpaired) electrons. The van der Waals surface area contributed by atoms with E-state index in [4.69, 9.17) is 16.3 Å².